The molecule has 2 nitrogen and oxygen atoms in total. The van der Waals surface area contributed by atoms with Crippen molar-refractivity contribution in [3.05, 3.63) is 0 Å². The van der Waals surface area contributed by atoms with Gasteiger partial charge >= 0.3 is 0 Å². The van der Waals surface area contributed by atoms with Gasteiger partial charge in [0.1, 0.15) is 0 Å². The van der Waals surface area contributed by atoms with Crippen LogP contribution < -0.4 is 5.32 Å². The molecule has 0 fully saturated rings. The lowest BCUT2D eigenvalue weighted by Crippen LogP contribution is -2.36. The van der Waals surface area contributed by atoms with Crippen molar-refractivity contribution in [1.82, 2.24) is 5.32 Å². The van der Waals surface area contributed by atoms with Crippen LogP contribution >= 0.6 is 0 Å². The smallest absolute Gasteiger partial charge is 0.0624 e. The Morgan fingerprint density at radius 2 is 1.64 bits per heavy atom. The van der Waals surface area contributed by atoms with Crippen molar-refractivity contribution in [2.24, 2.45) is 5.41 Å². The van der Waals surface area contributed by atoms with Crippen molar-refractivity contribution in [1.29, 1.82) is 0 Å². The zero-order valence-electron chi connectivity index (χ0n) is 10.7. The van der Waals surface area contributed by atoms with Gasteiger partial charge in [-0.05, 0) is 26.8 Å². The molecule has 2 heteroatoms. The maximum Gasteiger partial charge on any atom is 0.0624 e. The first kappa shape index (κ1) is 13.9. The van der Waals surface area contributed by atoms with Crippen molar-refractivity contribution in [3.63, 3.8) is 0 Å². The first-order chi connectivity index (χ1) is 6.33. The Morgan fingerprint density at radius 3 is 2.07 bits per heavy atom. The highest BCUT2D eigenvalue weighted by atomic mass is 16.5. The molecule has 0 aromatic heterocycles. The number of nitrogens with one attached hydrogen (secondary N) is 1. The van der Waals surface area contributed by atoms with Gasteiger partial charge in [-0.15, -0.1) is 0 Å². The molecule has 0 aliphatic carbocycles. The van der Waals surface area contributed by atoms with E-state index < -0.39 is 0 Å². The van der Waals surface area contributed by atoms with Gasteiger partial charge in [0.25, 0.3) is 0 Å². The third-order valence-corrected chi connectivity index (χ3v) is 2.56. The molecule has 0 amide bonds. The van der Waals surface area contributed by atoms with E-state index in [1.165, 1.54) is 0 Å². The summed E-state index contributed by atoms with van der Waals surface area (Å²) < 4.78 is 5.90. The highest BCUT2D eigenvalue weighted by Gasteiger charge is 2.23. The maximum absolute atomic E-state index is 5.90. The minimum Gasteiger partial charge on any atom is -0.375 e. The third-order valence-electron chi connectivity index (χ3n) is 2.56. The lowest BCUT2D eigenvalue weighted by atomic mass is 9.94. The lowest BCUT2D eigenvalue weighted by molar-refractivity contribution is -0.0559. The summed E-state index contributed by atoms with van der Waals surface area (Å²) in [4.78, 5) is 0. The summed E-state index contributed by atoms with van der Waals surface area (Å²) in [6.45, 7) is 15.9. The first-order valence-electron chi connectivity index (χ1n) is 5.67. The van der Waals surface area contributed by atoms with Crippen LogP contribution in [0.4, 0.5) is 0 Å². The molecule has 0 aromatic rings. The summed E-state index contributed by atoms with van der Waals surface area (Å²) in [7, 11) is 0. The quantitative estimate of drug-likeness (QED) is 0.684. The van der Waals surface area contributed by atoms with E-state index in [1.807, 2.05) is 0 Å². The number of ether oxygens (including phenoxy) is 1. The van der Waals surface area contributed by atoms with Gasteiger partial charge in [-0.3, -0.25) is 0 Å². The number of hydrogen-bond donors (Lipinski definition) is 1. The zero-order valence-corrected chi connectivity index (χ0v) is 10.7. The third kappa shape index (κ3) is 6.39. The summed E-state index contributed by atoms with van der Waals surface area (Å²) in [5.41, 5.74) is 0.242. The van der Waals surface area contributed by atoms with Crippen molar-refractivity contribution < 1.29 is 4.74 Å². The highest BCUT2D eigenvalue weighted by Crippen LogP contribution is 2.20. The standard InChI is InChI=1S/C12H27NO/c1-7-12(5,6)14-10-11(3,4)9-13-8-2/h13H,7-10H2,1-6H3. The van der Waals surface area contributed by atoms with Crippen molar-refractivity contribution in [2.45, 2.75) is 53.6 Å². The topological polar surface area (TPSA) is 21.3 Å². The largest absolute Gasteiger partial charge is 0.375 e. The molecular formula is C12H27NO. The minimum atomic E-state index is 0.0173. The van der Waals surface area contributed by atoms with E-state index in [9.17, 15) is 0 Å². The molecule has 0 atom stereocenters. The van der Waals surface area contributed by atoms with Crippen LogP contribution in [0.5, 0.6) is 0 Å². The Kier molecular flexibility index (Phi) is 5.68. The van der Waals surface area contributed by atoms with Crippen LogP contribution in [0.2, 0.25) is 0 Å². The second-order valence-electron chi connectivity index (χ2n) is 5.35. The fourth-order valence-electron chi connectivity index (χ4n) is 1.01. The SMILES string of the molecule is CCNCC(C)(C)COC(C)(C)CC. The zero-order chi connectivity index (χ0) is 11.2. The predicted octanol–water partition coefficient (Wildman–Crippen LogP) is 2.83. The fourth-order valence-corrected chi connectivity index (χ4v) is 1.01. The van der Waals surface area contributed by atoms with Crippen LogP contribution in [0.1, 0.15) is 48.0 Å². The van der Waals surface area contributed by atoms with E-state index in [1.54, 1.807) is 0 Å². The monoisotopic (exact) mass is 201 g/mol. The second-order valence-corrected chi connectivity index (χ2v) is 5.35. The molecule has 0 spiro atoms. The van der Waals surface area contributed by atoms with E-state index in [-0.39, 0.29) is 11.0 Å². The molecule has 14 heavy (non-hydrogen) atoms. The van der Waals surface area contributed by atoms with E-state index in [4.69, 9.17) is 4.74 Å². The fraction of sp³-hybridized carbons (Fsp3) is 1.00. The molecule has 0 rings (SSSR count). The Labute approximate surface area is 89.4 Å². The molecule has 0 radical (unpaired) electrons. The Bertz CT molecular complexity index is 152. The summed E-state index contributed by atoms with van der Waals surface area (Å²) in [6.07, 6.45) is 1.06. The molecule has 0 aromatic carbocycles. The van der Waals surface area contributed by atoms with Gasteiger partial charge in [-0.25, -0.2) is 0 Å². The Hall–Kier alpha value is -0.0800. The molecule has 0 saturated carbocycles. The first-order valence-corrected chi connectivity index (χ1v) is 5.67. The normalized spacial score (nSPS) is 13.3. The maximum atomic E-state index is 5.90. The van der Waals surface area contributed by atoms with Crippen LogP contribution in [-0.2, 0) is 4.74 Å². The van der Waals surface area contributed by atoms with Gasteiger partial charge in [0, 0.05) is 12.0 Å². The highest BCUT2D eigenvalue weighted by molar-refractivity contribution is 4.74. The molecule has 0 aliphatic heterocycles. The van der Waals surface area contributed by atoms with Crippen molar-refractivity contribution >= 4 is 0 Å². The Morgan fingerprint density at radius 1 is 1.07 bits per heavy atom. The van der Waals surface area contributed by atoms with E-state index in [0.29, 0.717) is 0 Å². The van der Waals surface area contributed by atoms with Crippen molar-refractivity contribution in [3.8, 4) is 0 Å². The lowest BCUT2D eigenvalue weighted by Gasteiger charge is -2.31. The van der Waals surface area contributed by atoms with Gasteiger partial charge in [0.05, 0.1) is 12.2 Å². The van der Waals surface area contributed by atoms with Crippen molar-refractivity contribution in [2.75, 3.05) is 19.7 Å². The summed E-state index contributed by atoms with van der Waals surface area (Å²) in [6, 6.07) is 0. The molecule has 1 N–H and O–H groups in total. The van der Waals surface area contributed by atoms with Gasteiger partial charge in [0.15, 0.2) is 0 Å². The summed E-state index contributed by atoms with van der Waals surface area (Å²) >= 11 is 0. The predicted molar refractivity (Wildman–Crippen MR) is 62.6 cm³/mol. The van der Waals surface area contributed by atoms with Crippen LogP contribution in [0.25, 0.3) is 0 Å². The minimum absolute atomic E-state index is 0.0173. The van der Waals surface area contributed by atoms with Crippen LogP contribution in [0, 0.1) is 5.41 Å². The van der Waals surface area contributed by atoms with E-state index >= 15 is 0 Å². The van der Waals surface area contributed by atoms with E-state index in [2.05, 4.69) is 46.9 Å². The number of hydrogen-bond acceptors (Lipinski definition) is 2. The van der Waals surface area contributed by atoms with Crippen LogP contribution in [-0.4, -0.2) is 25.3 Å². The molecule has 0 unspecified atom stereocenters. The average Bonchev–Trinajstić information content (AvgIpc) is 2.12. The Balaban J connectivity index is 3.85. The summed E-state index contributed by atoms with van der Waals surface area (Å²) in [5.74, 6) is 0. The summed E-state index contributed by atoms with van der Waals surface area (Å²) in [5, 5.41) is 3.36. The van der Waals surface area contributed by atoms with E-state index in [0.717, 1.165) is 26.1 Å². The van der Waals surface area contributed by atoms with Gasteiger partial charge < -0.3 is 10.1 Å². The molecule has 0 aliphatic rings. The number of rotatable bonds is 7. The molecular weight excluding hydrogens is 174 g/mol. The molecule has 0 heterocycles. The molecule has 0 saturated heterocycles. The van der Waals surface area contributed by atoms with Crippen LogP contribution in [0.3, 0.4) is 0 Å². The van der Waals surface area contributed by atoms with Gasteiger partial charge in [-0.2, -0.15) is 0 Å². The van der Waals surface area contributed by atoms with Gasteiger partial charge in [-0.1, -0.05) is 27.7 Å². The van der Waals surface area contributed by atoms with Gasteiger partial charge in [0.2, 0.25) is 0 Å². The second kappa shape index (κ2) is 5.72. The molecule has 86 valence electrons. The molecule has 0 bridgehead atoms. The van der Waals surface area contributed by atoms with Crippen LogP contribution in [0.15, 0.2) is 0 Å². The average molecular weight is 201 g/mol.